The van der Waals surface area contributed by atoms with Crippen LogP contribution in [0.15, 0.2) is 51.1 Å². The van der Waals surface area contributed by atoms with Crippen LogP contribution in [-0.2, 0) is 6.42 Å². The van der Waals surface area contributed by atoms with Crippen molar-refractivity contribution in [1.29, 1.82) is 0 Å². The maximum Gasteiger partial charge on any atom is 0.278 e. The molecule has 6 aromatic rings. The molecule has 0 saturated carbocycles. The molecule has 0 amide bonds. The van der Waals surface area contributed by atoms with Gasteiger partial charge in [-0.2, -0.15) is 4.98 Å². The first kappa shape index (κ1) is 19.3. The van der Waals surface area contributed by atoms with E-state index in [2.05, 4.69) is 66.1 Å². The number of halogens is 1. The fourth-order valence-corrected chi connectivity index (χ4v) is 3.94. The van der Waals surface area contributed by atoms with Gasteiger partial charge in [-0.1, -0.05) is 0 Å². The maximum absolute atomic E-state index is 12.1. The van der Waals surface area contributed by atoms with Gasteiger partial charge in [0.15, 0.2) is 27.1 Å². The Bertz CT molecular complexity index is 1800. The number of fused-ring (bicyclic) bond motifs is 3. The number of rotatable bonds is 4. The Morgan fingerprint density at radius 3 is 2.70 bits per heavy atom. The van der Waals surface area contributed by atoms with Crippen LogP contribution in [0.3, 0.4) is 0 Å². The average molecular weight is 505 g/mol. The van der Waals surface area contributed by atoms with Crippen molar-refractivity contribution in [2.75, 3.05) is 5.32 Å². The van der Waals surface area contributed by atoms with Crippen LogP contribution >= 0.6 is 15.9 Å². The summed E-state index contributed by atoms with van der Waals surface area (Å²) in [6.07, 6.45) is 3.63. The lowest BCUT2D eigenvalue weighted by molar-refractivity contribution is 1.03. The summed E-state index contributed by atoms with van der Waals surface area (Å²) in [5.41, 5.74) is 3.15. The molecule has 0 aliphatic rings. The number of nitrogens with zero attached hydrogens (tertiary/aromatic N) is 5. The Hall–Kier alpha value is -4.39. The van der Waals surface area contributed by atoms with Gasteiger partial charge in [-0.3, -0.25) is 24.5 Å². The fourth-order valence-electron chi connectivity index (χ4n) is 3.60. The summed E-state index contributed by atoms with van der Waals surface area (Å²) >= 11 is 3.16. The molecule has 0 unspecified atom stereocenters. The average Bonchev–Trinajstić information content (AvgIpc) is 3.40. The van der Waals surface area contributed by atoms with Crippen LogP contribution in [0.2, 0.25) is 0 Å². The largest absolute Gasteiger partial charge is 0.339 e. The van der Waals surface area contributed by atoms with E-state index in [-0.39, 0.29) is 17.1 Å². The van der Waals surface area contributed by atoms with Gasteiger partial charge in [0.05, 0.1) is 11.8 Å². The SMILES string of the molecule is O=c1[nH]c(Nc2ccc3ncc(Cc4nc5nc(Br)[nH]c(=O)c5[nH]4)cc3c2)nc2nc[nH]c12. The van der Waals surface area contributed by atoms with E-state index >= 15 is 0 Å². The van der Waals surface area contributed by atoms with Gasteiger partial charge in [0, 0.05) is 23.7 Å². The predicted octanol–water partition coefficient (Wildman–Crippen LogP) is 2.25. The molecule has 5 aromatic heterocycles. The lowest BCUT2D eigenvalue weighted by Gasteiger charge is -2.07. The normalized spacial score (nSPS) is 11.5. The van der Waals surface area contributed by atoms with Gasteiger partial charge in [-0.15, -0.1) is 0 Å². The van der Waals surface area contributed by atoms with Crippen LogP contribution in [0, 0.1) is 0 Å². The molecule has 0 radical (unpaired) electrons. The number of nitrogens with one attached hydrogen (secondary N) is 5. The standard InChI is InChI=1S/C20H13BrN10O2/c21-19-28-16-14(18(33)30-19)26-12(27-16)4-8-3-9-5-10(1-2-11(9)22-6-8)25-20-29-15-13(17(32)31-20)23-7-24-15/h1-3,5-7H,4H2,(H2,26,27,28,30,33)(H3,23,24,25,29,31,32). The minimum Gasteiger partial charge on any atom is -0.339 e. The Balaban J connectivity index is 1.31. The lowest BCUT2D eigenvalue weighted by Crippen LogP contribution is -2.11. The lowest BCUT2D eigenvalue weighted by atomic mass is 10.1. The van der Waals surface area contributed by atoms with Crippen LogP contribution < -0.4 is 16.4 Å². The van der Waals surface area contributed by atoms with Gasteiger partial charge in [-0.25, -0.2) is 15.0 Å². The van der Waals surface area contributed by atoms with Crippen molar-refractivity contribution < 1.29 is 0 Å². The Morgan fingerprint density at radius 2 is 1.79 bits per heavy atom. The molecule has 0 bridgehead atoms. The molecule has 5 N–H and O–H groups in total. The van der Waals surface area contributed by atoms with Crippen LogP contribution in [-0.4, -0.2) is 44.9 Å². The highest BCUT2D eigenvalue weighted by molar-refractivity contribution is 9.10. The van der Waals surface area contributed by atoms with E-state index in [1.165, 1.54) is 6.33 Å². The fraction of sp³-hybridized carbons (Fsp3) is 0.0500. The van der Waals surface area contributed by atoms with Crippen molar-refractivity contribution in [2.24, 2.45) is 0 Å². The second kappa shape index (κ2) is 7.34. The predicted molar refractivity (Wildman–Crippen MR) is 125 cm³/mol. The molecule has 33 heavy (non-hydrogen) atoms. The number of aromatic amines is 4. The molecular weight excluding hydrogens is 492 g/mol. The molecule has 0 aliphatic carbocycles. The third-order valence-corrected chi connectivity index (χ3v) is 5.43. The highest BCUT2D eigenvalue weighted by Crippen LogP contribution is 2.22. The minimum atomic E-state index is -0.309. The van der Waals surface area contributed by atoms with Crippen molar-refractivity contribution >= 4 is 60.8 Å². The molecule has 162 valence electrons. The first-order valence-corrected chi connectivity index (χ1v) is 10.5. The number of H-pyrrole nitrogens is 4. The van der Waals surface area contributed by atoms with E-state index in [1.807, 2.05) is 24.3 Å². The van der Waals surface area contributed by atoms with E-state index in [4.69, 9.17) is 0 Å². The van der Waals surface area contributed by atoms with E-state index in [0.717, 1.165) is 22.2 Å². The number of pyridine rings is 1. The summed E-state index contributed by atoms with van der Waals surface area (Å²) in [5.74, 6) is 0.889. The molecule has 1 aromatic carbocycles. The number of aromatic nitrogens is 9. The number of anilines is 2. The van der Waals surface area contributed by atoms with Gasteiger partial charge < -0.3 is 15.3 Å². The molecular formula is C20H13BrN10O2. The Morgan fingerprint density at radius 1 is 0.909 bits per heavy atom. The van der Waals surface area contributed by atoms with Gasteiger partial charge >= 0.3 is 0 Å². The van der Waals surface area contributed by atoms with Gasteiger partial charge in [-0.05, 0) is 45.8 Å². The molecule has 5 heterocycles. The maximum atomic E-state index is 12.1. The molecule has 12 nitrogen and oxygen atoms in total. The zero-order valence-electron chi connectivity index (χ0n) is 16.6. The quantitative estimate of drug-likeness (QED) is 0.227. The summed E-state index contributed by atoms with van der Waals surface area (Å²) in [5, 5.41) is 3.98. The van der Waals surface area contributed by atoms with Crippen molar-refractivity contribution in [2.45, 2.75) is 6.42 Å². The zero-order chi connectivity index (χ0) is 22.5. The van der Waals surface area contributed by atoms with Crippen LogP contribution in [0.1, 0.15) is 11.4 Å². The number of hydrogen-bond acceptors (Lipinski definition) is 8. The summed E-state index contributed by atoms with van der Waals surface area (Å²) in [4.78, 5) is 56.7. The molecule has 0 spiro atoms. The molecule has 0 aliphatic heterocycles. The van der Waals surface area contributed by atoms with E-state index in [1.54, 1.807) is 6.20 Å². The number of benzene rings is 1. The van der Waals surface area contributed by atoms with Gasteiger partial charge in [0.2, 0.25) is 5.95 Å². The van der Waals surface area contributed by atoms with Crippen LogP contribution in [0.5, 0.6) is 0 Å². The van der Waals surface area contributed by atoms with Crippen molar-refractivity contribution in [3.05, 3.63) is 73.6 Å². The second-order valence-electron chi connectivity index (χ2n) is 7.31. The first-order valence-electron chi connectivity index (χ1n) is 9.75. The summed E-state index contributed by atoms with van der Waals surface area (Å²) < 4.78 is 0.327. The van der Waals surface area contributed by atoms with Crippen molar-refractivity contribution in [3.8, 4) is 0 Å². The molecule has 0 atom stereocenters. The number of imidazole rings is 2. The van der Waals surface area contributed by atoms with E-state index in [9.17, 15) is 9.59 Å². The topological polar surface area (TPSA) is 174 Å². The van der Waals surface area contributed by atoms with Crippen molar-refractivity contribution in [3.63, 3.8) is 0 Å². The van der Waals surface area contributed by atoms with E-state index in [0.29, 0.717) is 39.3 Å². The van der Waals surface area contributed by atoms with Crippen LogP contribution in [0.25, 0.3) is 33.2 Å². The Labute approximate surface area is 191 Å². The highest BCUT2D eigenvalue weighted by Gasteiger charge is 2.11. The zero-order valence-corrected chi connectivity index (χ0v) is 18.2. The van der Waals surface area contributed by atoms with Crippen LogP contribution in [0.4, 0.5) is 11.6 Å². The smallest absolute Gasteiger partial charge is 0.278 e. The monoisotopic (exact) mass is 504 g/mol. The highest BCUT2D eigenvalue weighted by atomic mass is 79.9. The second-order valence-corrected chi connectivity index (χ2v) is 8.06. The number of hydrogen-bond donors (Lipinski definition) is 5. The van der Waals surface area contributed by atoms with Gasteiger partial charge in [0.1, 0.15) is 5.82 Å². The minimum absolute atomic E-state index is 0.286. The van der Waals surface area contributed by atoms with Crippen molar-refractivity contribution in [1.82, 2.24) is 44.9 Å². The molecule has 6 rings (SSSR count). The third-order valence-electron chi connectivity index (χ3n) is 5.05. The molecule has 13 heteroatoms. The van der Waals surface area contributed by atoms with Gasteiger partial charge in [0.25, 0.3) is 11.1 Å². The Kier molecular flexibility index (Phi) is 4.29. The third kappa shape index (κ3) is 3.53. The summed E-state index contributed by atoms with van der Waals surface area (Å²) in [7, 11) is 0. The summed E-state index contributed by atoms with van der Waals surface area (Å²) in [6, 6.07) is 7.61. The van der Waals surface area contributed by atoms with E-state index < -0.39 is 0 Å². The molecule has 0 saturated heterocycles. The summed E-state index contributed by atoms with van der Waals surface area (Å²) in [6.45, 7) is 0. The molecule has 0 fully saturated rings. The first-order chi connectivity index (χ1) is 16.0.